The first kappa shape index (κ1) is 23.1. The Kier molecular flexibility index (Phi) is 8.92. The fourth-order valence-corrected chi connectivity index (χ4v) is 3.26. The quantitative estimate of drug-likeness (QED) is 0.364. The molecule has 0 aliphatic heterocycles. The van der Waals surface area contributed by atoms with Crippen LogP contribution in [-0.2, 0) is 13.2 Å². The van der Waals surface area contributed by atoms with Gasteiger partial charge in [0.05, 0.1) is 12.8 Å². The summed E-state index contributed by atoms with van der Waals surface area (Å²) >= 11 is 0. The molecule has 0 aliphatic rings. The molecule has 2 aromatic carbocycles. The van der Waals surface area contributed by atoms with Crippen molar-refractivity contribution in [2.45, 2.75) is 32.4 Å². The van der Waals surface area contributed by atoms with Gasteiger partial charge in [-0.05, 0) is 59.9 Å². The maximum absolute atomic E-state index is 5.79. The Labute approximate surface area is 190 Å². The number of methoxy groups -OCH3 is 1. The van der Waals surface area contributed by atoms with Crippen molar-refractivity contribution in [3.8, 4) is 11.5 Å². The zero-order valence-electron chi connectivity index (χ0n) is 19.0. The van der Waals surface area contributed by atoms with Crippen LogP contribution in [0.2, 0.25) is 0 Å². The third-order valence-corrected chi connectivity index (χ3v) is 5.27. The Hall–Kier alpha value is -3.54. The number of pyridine rings is 1. The van der Waals surface area contributed by atoms with Crippen molar-refractivity contribution in [2.24, 2.45) is 4.99 Å². The summed E-state index contributed by atoms with van der Waals surface area (Å²) < 4.78 is 11.0. The van der Waals surface area contributed by atoms with Crippen molar-refractivity contribution >= 4 is 5.96 Å². The number of benzene rings is 2. The largest absolute Gasteiger partial charge is 0.497 e. The molecular formula is C26H32N4O2. The van der Waals surface area contributed by atoms with Crippen LogP contribution in [-0.4, -0.2) is 31.6 Å². The molecule has 6 nitrogen and oxygen atoms in total. The van der Waals surface area contributed by atoms with Gasteiger partial charge < -0.3 is 20.1 Å². The van der Waals surface area contributed by atoms with Crippen LogP contribution in [0, 0.1) is 0 Å². The lowest BCUT2D eigenvalue weighted by Gasteiger charge is -2.16. The van der Waals surface area contributed by atoms with E-state index in [9.17, 15) is 0 Å². The molecule has 0 aliphatic carbocycles. The van der Waals surface area contributed by atoms with Gasteiger partial charge in [-0.15, -0.1) is 0 Å². The van der Waals surface area contributed by atoms with Gasteiger partial charge in [0.2, 0.25) is 0 Å². The molecule has 3 rings (SSSR count). The molecule has 2 N–H and O–H groups in total. The summed E-state index contributed by atoms with van der Waals surface area (Å²) in [6, 6.07) is 22.1. The number of aliphatic imine (C=N–C) groups is 1. The molecule has 1 atom stereocenters. The van der Waals surface area contributed by atoms with Crippen LogP contribution in [0.1, 0.15) is 36.1 Å². The smallest absolute Gasteiger partial charge is 0.191 e. The van der Waals surface area contributed by atoms with Gasteiger partial charge in [-0.1, -0.05) is 37.3 Å². The monoisotopic (exact) mass is 432 g/mol. The lowest BCUT2D eigenvalue weighted by atomic mass is 9.98. The Morgan fingerprint density at radius 3 is 2.38 bits per heavy atom. The van der Waals surface area contributed by atoms with Crippen molar-refractivity contribution in [3.63, 3.8) is 0 Å². The summed E-state index contributed by atoms with van der Waals surface area (Å²) in [7, 11) is 3.48. The molecule has 0 radical (unpaired) electrons. The van der Waals surface area contributed by atoms with Gasteiger partial charge >= 0.3 is 0 Å². The van der Waals surface area contributed by atoms with Gasteiger partial charge in [-0.25, -0.2) is 0 Å². The van der Waals surface area contributed by atoms with E-state index in [4.69, 9.17) is 9.47 Å². The first-order valence-corrected chi connectivity index (χ1v) is 10.9. The lowest BCUT2D eigenvalue weighted by Crippen LogP contribution is -2.37. The molecule has 3 aromatic rings. The molecular weight excluding hydrogens is 400 g/mol. The maximum Gasteiger partial charge on any atom is 0.191 e. The number of nitrogens with one attached hydrogen (secondary N) is 2. The lowest BCUT2D eigenvalue weighted by molar-refractivity contribution is 0.301. The molecule has 6 heteroatoms. The fourth-order valence-electron chi connectivity index (χ4n) is 3.26. The summed E-state index contributed by atoms with van der Waals surface area (Å²) in [4.78, 5) is 8.59. The SMILES string of the molecule is CN=C(NCCC(C)c1ccc(OC)cc1)NCc1ccc(OCc2ccccn2)cc1. The number of ether oxygens (including phenoxy) is 2. The average molecular weight is 433 g/mol. The molecule has 168 valence electrons. The van der Waals surface area contributed by atoms with Crippen molar-refractivity contribution in [1.29, 1.82) is 0 Å². The van der Waals surface area contributed by atoms with Gasteiger partial charge in [0, 0.05) is 26.3 Å². The van der Waals surface area contributed by atoms with E-state index in [1.807, 2.05) is 42.5 Å². The number of nitrogens with zero attached hydrogens (tertiary/aromatic N) is 2. The van der Waals surface area contributed by atoms with Crippen molar-refractivity contribution in [2.75, 3.05) is 20.7 Å². The molecule has 0 spiro atoms. The number of guanidine groups is 1. The summed E-state index contributed by atoms with van der Waals surface area (Å²) in [5.74, 6) is 2.96. The van der Waals surface area contributed by atoms with Crippen LogP contribution < -0.4 is 20.1 Å². The second-order valence-corrected chi connectivity index (χ2v) is 7.57. The highest BCUT2D eigenvalue weighted by molar-refractivity contribution is 5.79. The van der Waals surface area contributed by atoms with Crippen molar-refractivity contribution < 1.29 is 9.47 Å². The summed E-state index contributed by atoms with van der Waals surface area (Å²) in [6.45, 7) is 4.22. The van der Waals surface area contributed by atoms with Gasteiger partial charge in [0.1, 0.15) is 18.1 Å². The summed E-state index contributed by atoms with van der Waals surface area (Å²) in [5.41, 5.74) is 3.38. The van der Waals surface area contributed by atoms with Gasteiger partial charge in [-0.3, -0.25) is 9.98 Å². The normalized spacial score (nSPS) is 12.2. The molecule has 0 saturated carbocycles. The third-order valence-electron chi connectivity index (χ3n) is 5.27. The third kappa shape index (κ3) is 7.30. The predicted octanol–water partition coefficient (Wildman–Crippen LogP) is 4.53. The minimum atomic E-state index is 0.449. The highest BCUT2D eigenvalue weighted by atomic mass is 16.5. The van der Waals surface area contributed by atoms with Crippen molar-refractivity contribution in [1.82, 2.24) is 15.6 Å². The molecule has 1 unspecified atom stereocenters. The highest BCUT2D eigenvalue weighted by Crippen LogP contribution is 2.21. The van der Waals surface area contributed by atoms with Crippen LogP contribution in [0.3, 0.4) is 0 Å². The first-order chi connectivity index (χ1) is 15.7. The van der Waals surface area contributed by atoms with E-state index in [1.165, 1.54) is 5.56 Å². The molecule has 1 heterocycles. The van der Waals surface area contributed by atoms with Crippen LogP contribution in [0.5, 0.6) is 11.5 Å². The van der Waals surface area contributed by atoms with Crippen LogP contribution in [0.4, 0.5) is 0 Å². The standard InChI is InChI=1S/C26H32N4O2/c1-20(22-9-13-24(31-3)14-10-22)15-17-29-26(27-2)30-18-21-7-11-25(12-8-21)32-19-23-6-4-5-16-28-23/h4-14,16,20H,15,17-19H2,1-3H3,(H2,27,29,30). The first-order valence-electron chi connectivity index (χ1n) is 10.9. The van der Waals surface area contributed by atoms with E-state index in [0.29, 0.717) is 19.1 Å². The minimum Gasteiger partial charge on any atom is -0.497 e. The number of hydrogen-bond donors (Lipinski definition) is 2. The summed E-state index contributed by atoms with van der Waals surface area (Å²) in [6.07, 6.45) is 2.78. The minimum absolute atomic E-state index is 0.449. The number of rotatable bonds is 10. The van der Waals surface area contributed by atoms with E-state index in [1.54, 1.807) is 20.4 Å². The zero-order valence-corrected chi connectivity index (χ0v) is 19.0. The molecule has 0 amide bonds. The number of aromatic nitrogens is 1. The van der Waals surface area contributed by atoms with E-state index in [0.717, 1.165) is 41.7 Å². The van der Waals surface area contributed by atoms with Crippen LogP contribution in [0.25, 0.3) is 0 Å². The Morgan fingerprint density at radius 1 is 0.969 bits per heavy atom. The average Bonchev–Trinajstić information content (AvgIpc) is 2.86. The molecule has 0 bridgehead atoms. The topological polar surface area (TPSA) is 67.8 Å². The Bertz CT molecular complexity index is 957. The molecule has 1 aromatic heterocycles. The van der Waals surface area contributed by atoms with E-state index in [-0.39, 0.29) is 0 Å². The summed E-state index contributed by atoms with van der Waals surface area (Å²) in [5, 5.41) is 6.76. The Balaban J connectivity index is 1.38. The van der Waals surface area contributed by atoms with Gasteiger partial charge in [0.25, 0.3) is 0 Å². The second kappa shape index (κ2) is 12.3. The van der Waals surface area contributed by atoms with Crippen molar-refractivity contribution in [3.05, 3.63) is 89.7 Å². The predicted molar refractivity (Wildman–Crippen MR) is 129 cm³/mol. The van der Waals surface area contributed by atoms with Gasteiger partial charge in [-0.2, -0.15) is 0 Å². The van der Waals surface area contributed by atoms with E-state index in [2.05, 4.69) is 51.8 Å². The maximum atomic E-state index is 5.79. The number of hydrogen-bond acceptors (Lipinski definition) is 4. The molecule has 0 fully saturated rings. The fraction of sp³-hybridized carbons (Fsp3) is 0.308. The highest BCUT2D eigenvalue weighted by Gasteiger charge is 2.07. The van der Waals surface area contributed by atoms with E-state index < -0.39 is 0 Å². The Morgan fingerprint density at radius 2 is 1.72 bits per heavy atom. The molecule has 0 saturated heterocycles. The van der Waals surface area contributed by atoms with Crippen LogP contribution >= 0.6 is 0 Å². The van der Waals surface area contributed by atoms with Gasteiger partial charge in [0.15, 0.2) is 5.96 Å². The van der Waals surface area contributed by atoms with Crippen LogP contribution in [0.15, 0.2) is 77.9 Å². The second-order valence-electron chi connectivity index (χ2n) is 7.57. The zero-order chi connectivity index (χ0) is 22.6. The van der Waals surface area contributed by atoms with E-state index >= 15 is 0 Å². The molecule has 32 heavy (non-hydrogen) atoms.